The molecule has 9 nitrogen and oxygen atoms in total. The summed E-state index contributed by atoms with van der Waals surface area (Å²) in [5.74, 6) is -0.158. The van der Waals surface area contributed by atoms with Crippen LogP contribution in [0.25, 0.3) is 0 Å². The topological polar surface area (TPSA) is 117 Å². The molecule has 5 rings (SSSR count). The van der Waals surface area contributed by atoms with Gasteiger partial charge in [0.1, 0.15) is 10.0 Å². The van der Waals surface area contributed by atoms with E-state index in [1.807, 2.05) is 6.92 Å². The minimum absolute atomic E-state index is 0.00164. The van der Waals surface area contributed by atoms with Gasteiger partial charge in [-0.25, -0.2) is 0 Å². The largest absolute Gasteiger partial charge is 0.475 e. The van der Waals surface area contributed by atoms with Crippen LogP contribution in [-0.2, 0) is 19.5 Å². The van der Waals surface area contributed by atoms with E-state index in [-0.39, 0.29) is 17.6 Å². The average molecular weight is 416 g/mol. The number of anilines is 2. The van der Waals surface area contributed by atoms with E-state index in [0.29, 0.717) is 25.0 Å². The summed E-state index contributed by atoms with van der Waals surface area (Å²) in [4.78, 5) is 7.85. The molecule has 0 radical (unpaired) electrons. The molecule has 1 aliphatic heterocycles. The summed E-state index contributed by atoms with van der Waals surface area (Å²) in [6.45, 7) is 3.53. The van der Waals surface area contributed by atoms with E-state index in [9.17, 15) is 4.39 Å². The zero-order valence-corrected chi connectivity index (χ0v) is 16.7. The van der Waals surface area contributed by atoms with Gasteiger partial charge in [0.05, 0.1) is 18.8 Å². The monoisotopic (exact) mass is 416 g/mol. The second-order valence-corrected chi connectivity index (χ2v) is 8.68. The van der Waals surface area contributed by atoms with Crippen molar-refractivity contribution in [2.45, 2.75) is 45.2 Å². The van der Waals surface area contributed by atoms with E-state index in [2.05, 4.69) is 41.3 Å². The number of hydrogen-bond donors (Lipinski definition) is 2. The van der Waals surface area contributed by atoms with E-state index in [0.717, 1.165) is 35.1 Å². The van der Waals surface area contributed by atoms with Crippen molar-refractivity contribution in [3.05, 3.63) is 33.3 Å². The lowest BCUT2D eigenvalue weighted by molar-refractivity contribution is 0.270. The number of hydrogen-bond acceptors (Lipinski definition) is 9. The van der Waals surface area contributed by atoms with Crippen molar-refractivity contribution in [3.8, 4) is 5.88 Å². The maximum absolute atomic E-state index is 14.7. The molecule has 0 unspecified atom stereocenters. The highest BCUT2D eigenvalue weighted by Crippen LogP contribution is 2.47. The predicted molar refractivity (Wildman–Crippen MR) is 105 cm³/mol. The number of nitrogen functional groups attached to an aromatic ring is 1. The molecule has 1 fully saturated rings. The minimum atomic E-state index is -0.654. The van der Waals surface area contributed by atoms with Crippen molar-refractivity contribution in [2.24, 2.45) is 5.92 Å². The van der Waals surface area contributed by atoms with Gasteiger partial charge in [0.25, 0.3) is 5.88 Å². The highest BCUT2D eigenvalue weighted by Gasteiger charge is 2.41. The van der Waals surface area contributed by atoms with Crippen LogP contribution in [0.1, 0.15) is 40.2 Å². The van der Waals surface area contributed by atoms with Crippen molar-refractivity contribution < 1.29 is 9.13 Å². The number of aryl methyl sites for hydroxylation is 3. The molecule has 0 bridgehead atoms. The summed E-state index contributed by atoms with van der Waals surface area (Å²) < 4.78 is 22.5. The fourth-order valence-electron chi connectivity index (χ4n) is 3.67. The SMILES string of the molecule is Cc1nnc(CNc2nc(N)nc(OC[C@H]3C[C@@H]3c3cc4n(n3)CCC4)c2F)s1. The Morgan fingerprint density at radius 3 is 3.07 bits per heavy atom. The maximum Gasteiger partial charge on any atom is 0.257 e. The van der Waals surface area contributed by atoms with Crippen LogP contribution in [0.3, 0.4) is 0 Å². The molecule has 3 aromatic heterocycles. The molecular formula is C18H21FN8OS. The molecule has 0 spiro atoms. The Morgan fingerprint density at radius 2 is 2.28 bits per heavy atom. The molecule has 3 N–H and O–H groups in total. The summed E-state index contributed by atoms with van der Waals surface area (Å²) in [6.07, 6.45) is 3.25. The van der Waals surface area contributed by atoms with Crippen LogP contribution in [0.15, 0.2) is 6.07 Å². The van der Waals surface area contributed by atoms with Crippen LogP contribution in [0.5, 0.6) is 5.88 Å². The van der Waals surface area contributed by atoms with Crippen LogP contribution >= 0.6 is 11.3 Å². The van der Waals surface area contributed by atoms with E-state index in [4.69, 9.17) is 10.5 Å². The molecule has 3 aromatic rings. The number of aromatic nitrogens is 6. The van der Waals surface area contributed by atoms with E-state index >= 15 is 0 Å². The molecule has 0 amide bonds. The summed E-state index contributed by atoms with van der Waals surface area (Å²) in [7, 11) is 0. The van der Waals surface area contributed by atoms with Crippen LogP contribution in [0.4, 0.5) is 16.2 Å². The van der Waals surface area contributed by atoms with Gasteiger partial charge in [-0.1, -0.05) is 11.3 Å². The molecule has 4 heterocycles. The first-order valence-electron chi connectivity index (χ1n) is 9.62. The average Bonchev–Trinajstić information content (AvgIpc) is 2.99. The predicted octanol–water partition coefficient (Wildman–Crippen LogP) is 2.30. The minimum Gasteiger partial charge on any atom is -0.475 e. The van der Waals surface area contributed by atoms with Gasteiger partial charge in [0, 0.05) is 24.1 Å². The molecule has 11 heteroatoms. The molecule has 1 saturated carbocycles. The lowest BCUT2D eigenvalue weighted by Crippen LogP contribution is -2.11. The van der Waals surface area contributed by atoms with Crippen molar-refractivity contribution in [3.63, 3.8) is 0 Å². The quantitative estimate of drug-likeness (QED) is 0.603. The van der Waals surface area contributed by atoms with Gasteiger partial charge in [-0.05, 0) is 32.3 Å². The first-order valence-corrected chi connectivity index (χ1v) is 10.4. The number of ether oxygens (including phenoxy) is 1. The molecule has 2 aliphatic rings. The fourth-order valence-corrected chi connectivity index (χ4v) is 4.32. The van der Waals surface area contributed by atoms with E-state index in [1.165, 1.54) is 23.5 Å². The van der Waals surface area contributed by atoms with Gasteiger partial charge in [-0.2, -0.15) is 19.5 Å². The van der Waals surface area contributed by atoms with Crippen LogP contribution < -0.4 is 15.8 Å². The molecule has 152 valence electrons. The molecule has 29 heavy (non-hydrogen) atoms. The summed E-state index contributed by atoms with van der Waals surface area (Å²) in [5.41, 5.74) is 8.16. The highest BCUT2D eigenvalue weighted by molar-refractivity contribution is 7.11. The van der Waals surface area contributed by atoms with Crippen molar-refractivity contribution >= 4 is 23.1 Å². The standard InChI is InChI=1S/C18H21FN8OS/c1-9-24-25-14(29-9)7-21-16-15(19)17(23-18(20)22-16)28-8-10-5-12(10)13-6-11-3-2-4-27(11)26-13/h6,10,12H,2-5,7-8H2,1H3,(H3,20,21,22,23)/t10-,12+/m1/s1. The summed E-state index contributed by atoms with van der Waals surface area (Å²) >= 11 is 1.43. The van der Waals surface area contributed by atoms with Gasteiger partial charge >= 0.3 is 0 Å². The van der Waals surface area contributed by atoms with E-state index in [1.54, 1.807) is 0 Å². The lowest BCUT2D eigenvalue weighted by atomic mass is 10.2. The van der Waals surface area contributed by atoms with Crippen molar-refractivity contribution in [2.75, 3.05) is 17.7 Å². The summed E-state index contributed by atoms with van der Waals surface area (Å²) in [6, 6.07) is 2.19. The van der Waals surface area contributed by atoms with Crippen molar-refractivity contribution in [1.29, 1.82) is 0 Å². The molecular weight excluding hydrogens is 395 g/mol. The third kappa shape index (κ3) is 3.74. The number of nitrogens with zero attached hydrogens (tertiary/aromatic N) is 6. The molecule has 2 atom stereocenters. The third-order valence-electron chi connectivity index (χ3n) is 5.23. The second-order valence-electron chi connectivity index (χ2n) is 7.42. The smallest absolute Gasteiger partial charge is 0.257 e. The Balaban J connectivity index is 1.21. The zero-order chi connectivity index (χ0) is 20.0. The Kier molecular flexibility index (Phi) is 4.53. The molecule has 0 aromatic carbocycles. The number of halogens is 1. The first-order chi connectivity index (χ1) is 14.1. The fraction of sp³-hybridized carbons (Fsp3) is 0.500. The molecule has 0 saturated heterocycles. The zero-order valence-electron chi connectivity index (χ0n) is 15.9. The maximum atomic E-state index is 14.7. The number of nitrogens with one attached hydrogen (secondary N) is 1. The highest BCUT2D eigenvalue weighted by atomic mass is 32.1. The molecule has 1 aliphatic carbocycles. The normalized spacial score (nSPS) is 19.9. The Labute approximate surface area is 170 Å². The Bertz CT molecular complexity index is 1030. The van der Waals surface area contributed by atoms with Gasteiger partial charge in [0.2, 0.25) is 11.8 Å². The Morgan fingerprint density at radius 1 is 1.38 bits per heavy atom. The first kappa shape index (κ1) is 18.2. The number of fused-ring (bicyclic) bond motifs is 1. The third-order valence-corrected chi connectivity index (χ3v) is 6.07. The van der Waals surface area contributed by atoms with E-state index < -0.39 is 5.82 Å². The van der Waals surface area contributed by atoms with Crippen LogP contribution in [0, 0.1) is 18.7 Å². The van der Waals surface area contributed by atoms with Crippen LogP contribution in [-0.4, -0.2) is 36.6 Å². The summed E-state index contributed by atoms with van der Waals surface area (Å²) in [5, 5.41) is 17.1. The second kappa shape index (κ2) is 7.21. The van der Waals surface area contributed by atoms with Gasteiger partial charge in [-0.3, -0.25) is 4.68 Å². The van der Waals surface area contributed by atoms with Gasteiger partial charge in [0.15, 0.2) is 5.82 Å². The van der Waals surface area contributed by atoms with Gasteiger partial charge < -0.3 is 15.8 Å². The van der Waals surface area contributed by atoms with Crippen LogP contribution in [0.2, 0.25) is 0 Å². The lowest BCUT2D eigenvalue weighted by Gasteiger charge is -2.10. The number of nitrogens with two attached hydrogens (primary N) is 1. The number of rotatable bonds is 7. The van der Waals surface area contributed by atoms with Crippen molar-refractivity contribution in [1.82, 2.24) is 29.9 Å². The Hall–Kier alpha value is -2.82. The van der Waals surface area contributed by atoms with Gasteiger partial charge in [-0.15, -0.1) is 10.2 Å².